The molecule has 1 aliphatic carbocycles. The molecule has 4 rings (SSSR count). The van der Waals surface area contributed by atoms with Crippen LogP contribution < -0.4 is 15.0 Å². The Labute approximate surface area is 192 Å². The molecule has 30 heavy (non-hydrogen) atoms. The van der Waals surface area contributed by atoms with Crippen molar-refractivity contribution in [2.45, 2.75) is 58.0 Å². The first kappa shape index (κ1) is 24.7. The minimum absolute atomic E-state index is 0. The van der Waals surface area contributed by atoms with Crippen molar-refractivity contribution in [1.82, 2.24) is 15.3 Å². The predicted octanol–water partition coefficient (Wildman–Crippen LogP) is 5.02. The van der Waals surface area contributed by atoms with Gasteiger partial charge in [-0.05, 0) is 55.4 Å². The Kier molecular flexibility index (Phi) is 8.77. The SMILES string of the molecule is CC(C)(C)c1cc(-c2ccnc(N3CCNCC3)n2)ccc1OC1CCCC1.Cl.Cl. The van der Waals surface area contributed by atoms with E-state index in [1.807, 2.05) is 12.3 Å². The molecule has 1 N–H and O–H groups in total. The summed E-state index contributed by atoms with van der Waals surface area (Å²) in [5.41, 5.74) is 3.36. The zero-order valence-electron chi connectivity index (χ0n) is 18.2. The van der Waals surface area contributed by atoms with Crippen molar-refractivity contribution >= 4 is 30.8 Å². The maximum atomic E-state index is 6.39. The highest BCUT2D eigenvalue weighted by atomic mass is 35.5. The Balaban J connectivity index is 0.00000160. The fourth-order valence-corrected chi connectivity index (χ4v) is 4.09. The first-order valence-corrected chi connectivity index (χ1v) is 10.6. The second-order valence-electron chi connectivity index (χ2n) is 8.96. The van der Waals surface area contributed by atoms with Gasteiger partial charge in [-0.25, -0.2) is 9.97 Å². The molecular formula is C23H34Cl2N4O. The number of piperazine rings is 1. The van der Waals surface area contributed by atoms with Crippen molar-refractivity contribution in [1.29, 1.82) is 0 Å². The molecule has 2 fully saturated rings. The molecule has 2 aromatic rings. The highest BCUT2D eigenvalue weighted by Gasteiger charge is 2.24. The van der Waals surface area contributed by atoms with Gasteiger partial charge in [-0.2, -0.15) is 0 Å². The monoisotopic (exact) mass is 452 g/mol. The van der Waals surface area contributed by atoms with Crippen LogP contribution in [0.1, 0.15) is 52.0 Å². The van der Waals surface area contributed by atoms with Crippen LogP contribution in [0.2, 0.25) is 0 Å². The Morgan fingerprint density at radius 1 is 1.03 bits per heavy atom. The number of ether oxygens (including phenoxy) is 1. The van der Waals surface area contributed by atoms with Crippen LogP contribution in [-0.4, -0.2) is 42.3 Å². The lowest BCUT2D eigenvalue weighted by Crippen LogP contribution is -2.44. The normalized spacial score (nSPS) is 17.2. The summed E-state index contributed by atoms with van der Waals surface area (Å²) in [5.74, 6) is 1.85. The zero-order valence-corrected chi connectivity index (χ0v) is 19.8. The van der Waals surface area contributed by atoms with Gasteiger partial charge in [0, 0.05) is 43.5 Å². The number of benzene rings is 1. The second-order valence-corrected chi connectivity index (χ2v) is 8.96. The lowest BCUT2D eigenvalue weighted by molar-refractivity contribution is 0.205. The summed E-state index contributed by atoms with van der Waals surface area (Å²) in [6, 6.07) is 8.54. The summed E-state index contributed by atoms with van der Waals surface area (Å²) < 4.78 is 6.39. The summed E-state index contributed by atoms with van der Waals surface area (Å²) in [7, 11) is 0. The molecule has 1 aromatic carbocycles. The van der Waals surface area contributed by atoms with E-state index in [-0.39, 0.29) is 30.2 Å². The molecule has 5 nitrogen and oxygen atoms in total. The van der Waals surface area contributed by atoms with Crippen LogP contribution >= 0.6 is 24.8 Å². The predicted molar refractivity (Wildman–Crippen MR) is 129 cm³/mol. The number of hydrogen-bond donors (Lipinski definition) is 1. The maximum absolute atomic E-state index is 6.39. The Morgan fingerprint density at radius 2 is 1.73 bits per heavy atom. The van der Waals surface area contributed by atoms with E-state index in [0.29, 0.717) is 6.10 Å². The third-order valence-electron chi connectivity index (χ3n) is 5.72. The lowest BCUT2D eigenvalue weighted by Gasteiger charge is -2.28. The number of halogens is 2. The second kappa shape index (κ2) is 10.7. The summed E-state index contributed by atoms with van der Waals surface area (Å²) in [5, 5.41) is 3.38. The minimum atomic E-state index is 0. The molecule has 0 spiro atoms. The van der Waals surface area contributed by atoms with Crippen molar-refractivity contribution in [3.63, 3.8) is 0 Å². The molecule has 0 unspecified atom stereocenters. The molecule has 2 aliphatic rings. The van der Waals surface area contributed by atoms with Gasteiger partial charge in [-0.1, -0.05) is 20.8 Å². The molecule has 166 valence electrons. The molecule has 0 radical (unpaired) electrons. The zero-order chi connectivity index (χ0) is 19.6. The number of hydrogen-bond acceptors (Lipinski definition) is 5. The van der Waals surface area contributed by atoms with E-state index in [1.165, 1.54) is 31.2 Å². The van der Waals surface area contributed by atoms with Crippen LogP contribution in [0.15, 0.2) is 30.5 Å². The van der Waals surface area contributed by atoms with Crippen LogP contribution in [0.4, 0.5) is 5.95 Å². The summed E-state index contributed by atoms with van der Waals surface area (Å²) in [6.07, 6.45) is 7.15. The van der Waals surface area contributed by atoms with Gasteiger partial charge >= 0.3 is 0 Å². The molecule has 0 atom stereocenters. The van der Waals surface area contributed by atoms with E-state index in [1.54, 1.807) is 0 Å². The van der Waals surface area contributed by atoms with E-state index in [2.05, 4.69) is 54.2 Å². The van der Waals surface area contributed by atoms with Gasteiger partial charge in [0.05, 0.1) is 11.8 Å². The number of nitrogens with one attached hydrogen (secondary N) is 1. The molecule has 1 saturated carbocycles. The van der Waals surface area contributed by atoms with Gasteiger partial charge in [0.1, 0.15) is 5.75 Å². The average molecular weight is 453 g/mol. The molecule has 7 heteroatoms. The Bertz CT molecular complexity index is 813. The van der Waals surface area contributed by atoms with Crippen LogP contribution in [0, 0.1) is 0 Å². The molecule has 0 bridgehead atoms. The first-order valence-electron chi connectivity index (χ1n) is 10.6. The highest BCUT2D eigenvalue weighted by Crippen LogP contribution is 2.37. The van der Waals surface area contributed by atoms with E-state index in [0.717, 1.165) is 49.1 Å². The van der Waals surface area contributed by atoms with E-state index >= 15 is 0 Å². The van der Waals surface area contributed by atoms with Gasteiger partial charge in [-0.3, -0.25) is 0 Å². The molecule has 0 amide bonds. The molecule has 1 aliphatic heterocycles. The number of aromatic nitrogens is 2. The smallest absolute Gasteiger partial charge is 0.225 e. The minimum Gasteiger partial charge on any atom is -0.490 e. The molecule has 1 aromatic heterocycles. The fraction of sp³-hybridized carbons (Fsp3) is 0.565. The van der Waals surface area contributed by atoms with Gasteiger partial charge in [0.15, 0.2) is 0 Å². The summed E-state index contributed by atoms with van der Waals surface area (Å²) in [6.45, 7) is 10.6. The van der Waals surface area contributed by atoms with Crippen LogP contribution in [-0.2, 0) is 5.41 Å². The molecule has 1 saturated heterocycles. The fourth-order valence-electron chi connectivity index (χ4n) is 4.09. The highest BCUT2D eigenvalue weighted by molar-refractivity contribution is 5.85. The number of anilines is 1. The Hall–Kier alpha value is -1.56. The van der Waals surface area contributed by atoms with E-state index in [9.17, 15) is 0 Å². The van der Waals surface area contributed by atoms with Gasteiger partial charge in [-0.15, -0.1) is 24.8 Å². The summed E-state index contributed by atoms with van der Waals surface area (Å²) >= 11 is 0. The first-order chi connectivity index (χ1) is 13.5. The van der Waals surface area contributed by atoms with Crippen LogP contribution in [0.5, 0.6) is 5.75 Å². The lowest BCUT2D eigenvalue weighted by atomic mass is 9.85. The average Bonchev–Trinajstić information content (AvgIpc) is 3.21. The van der Waals surface area contributed by atoms with Crippen molar-refractivity contribution in [2.24, 2.45) is 0 Å². The van der Waals surface area contributed by atoms with Crippen molar-refractivity contribution in [2.75, 3.05) is 31.1 Å². The largest absolute Gasteiger partial charge is 0.490 e. The van der Waals surface area contributed by atoms with Crippen molar-refractivity contribution in [3.8, 4) is 17.0 Å². The van der Waals surface area contributed by atoms with E-state index < -0.39 is 0 Å². The van der Waals surface area contributed by atoms with Crippen LogP contribution in [0.25, 0.3) is 11.3 Å². The van der Waals surface area contributed by atoms with Gasteiger partial charge < -0.3 is 15.0 Å². The number of nitrogens with zero attached hydrogens (tertiary/aromatic N) is 3. The number of rotatable bonds is 4. The third-order valence-corrected chi connectivity index (χ3v) is 5.72. The summed E-state index contributed by atoms with van der Waals surface area (Å²) in [4.78, 5) is 11.6. The quantitative estimate of drug-likeness (QED) is 0.705. The van der Waals surface area contributed by atoms with Crippen LogP contribution in [0.3, 0.4) is 0 Å². The van der Waals surface area contributed by atoms with Gasteiger partial charge in [0.25, 0.3) is 0 Å². The Morgan fingerprint density at radius 3 is 2.40 bits per heavy atom. The topological polar surface area (TPSA) is 50.3 Å². The third kappa shape index (κ3) is 5.77. The van der Waals surface area contributed by atoms with Crippen molar-refractivity contribution in [3.05, 3.63) is 36.0 Å². The van der Waals surface area contributed by atoms with Crippen molar-refractivity contribution < 1.29 is 4.74 Å². The standard InChI is InChI=1S/C23H32N4O.2ClH/c1-23(2,3)19-16-17(8-9-21(19)28-18-6-4-5-7-18)20-10-11-25-22(26-20)27-14-12-24-13-15-27;;/h8-11,16,18,24H,4-7,12-15H2,1-3H3;2*1H. The van der Waals surface area contributed by atoms with Gasteiger partial charge in [0.2, 0.25) is 5.95 Å². The van der Waals surface area contributed by atoms with E-state index in [4.69, 9.17) is 9.72 Å². The molecular weight excluding hydrogens is 419 g/mol. The molecule has 2 heterocycles. The maximum Gasteiger partial charge on any atom is 0.225 e.